The fraction of sp³-hybridized carbons (Fsp3) is 0.467. The van der Waals surface area contributed by atoms with Gasteiger partial charge in [0.1, 0.15) is 0 Å². The van der Waals surface area contributed by atoms with Crippen LogP contribution in [0.3, 0.4) is 0 Å². The van der Waals surface area contributed by atoms with E-state index in [1.54, 1.807) is 11.0 Å². The Hall–Kier alpha value is -1.93. The second-order valence-electron chi connectivity index (χ2n) is 5.88. The smallest absolute Gasteiger partial charge is 0.230 e. The maximum atomic E-state index is 12.8. The summed E-state index contributed by atoms with van der Waals surface area (Å²) in [6.45, 7) is 1.30. The second kappa shape index (κ2) is 5.93. The van der Waals surface area contributed by atoms with E-state index < -0.39 is 15.9 Å². The number of anilines is 1. The molecule has 124 valence electrons. The summed E-state index contributed by atoms with van der Waals surface area (Å²) in [4.78, 5) is 26.3. The summed E-state index contributed by atoms with van der Waals surface area (Å²) in [6.07, 6.45) is 1.30. The summed E-state index contributed by atoms with van der Waals surface area (Å²) in [5.74, 6) is -0.776. The van der Waals surface area contributed by atoms with Crippen molar-refractivity contribution >= 4 is 27.5 Å². The van der Waals surface area contributed by atoms with Crippen LogP contribution in [0, 0.1) is 0 Å². The van der Waals surface area contributed by atoms with Gasteiger partial charge in [0.2, 0.25) is 21.8 Å². The van der Waals surface area contributed by atoms with Gasteiger partial charge in [-0.05, 0) is 11.6 Å². The highest BCUT2D eigenvalue weighted by Crippen LogP contribution is 2.33. The van der Waals surface area contributed by atoms with Gasteiger partial charge in [-0.1, -0.05) is 18.2 Å². The number of hydrogen-bond acceptors (Lipinski definition) is 4. The van der Waals surface area contributed by atoms with Crippen molar-refractivity contribution in [2.75, 3.05) is 37.8 Å². The van der Waals surface area contributed by atoms with Gasteiger partial charge in [0.15, 0.2) is 0 Å². The van der Waals surface area contributed by atoms with Crippen molar-refractivity contribution in [2.24, 2.45) is 0 Å². The molecule has 0 radical (unpaired) electrons. The van der Waals surface area contributed by atoms with Gasteiger partial charge in [-0.3, -0.25) is 9.59 Å². The van der Waals surface area contributed by atoms with E-state index in [0.717, 1.165) is 5.56 Å². The third kappa shape index (κ3) is 3.23. The first-order valence-corrected chi connectivity index (χ1v) is 9.34. The Balaban J connectivity index is 1.76. The molecule has 0 spiro atoms. The monoisotopic (exact) mass is 337 g/mol. The van der Waals surface area contributed by atoms with E-state index in [-0.39, 0.29) is 18.2 Å². The first kappa shape index (κ1) is 15.9. The molecule has 1 fully saturated rings. The third-order valence-corrected chi connectivity index (χ3v) is 5.62. The molecule has 2 aliphatic heterocycles. The fourth-order valence-corrected chi connectivity index (χ4v) is 3.92. The molecule has 0 aliphatic carbocycles. The molecule has 23 heavy (non-hydrogen) atoms. The highest BCUT2D eigenvalue weighted by Gasteiger charge is 2.35. The standard InChI is InChI=1S/C15H19N3O4S/c1-23(21,22)18-8-6-17(7-9-18)15(20)12-10-14(19)16-13-5-3-2-4-11(12)13/h2-5,12H,6-10H2,1H3,(H,16,19)/t12-/m1/s1. The second-order valence-corrected chi connectivity index (χ2v) is 7.86. The zero-order valence-corrected chi connectivity index (χ0v) is 13.7. The predicted molar refractivity (Wildman–Crippen MR) is 85.4 cm³/mol. The van der Waals surface area contributed by atoms with Gasteiger partial charge in [-0.25, -0.2) is 8.42 Å². The molecule has 0 unspecified atom stereocenters. The Morgan fingerprint density at radius 1 is 1.17 bits per heavy atom. The lowest BCUT2D eigenvalue weighted by Gasteiger charge is -2.36. The van der Waals surface area contributed by atoms with Crippen LogP contribution in [-0.4, -0.2) is 61.9 Å². The fourth-order valence-electron chi connectivity index (χ4n) is 3.09. The number of fused-ring (bicyclic) bond motifs is 1. The zero-order valence-electron chi connectivity index (χ0n) is 12.9. The summed E-state index contributed by atoms with van der Waals surface area (Å²) >= 11 is 0. The van der Waals surface area contributed by atoms with Crippen LogP contribution < -0.4 is 5.32 Å². The minimum atomic E-state index is -3.23. The van der Waals surface area contributed by atoms with E-state index in [1.807, 2.05) is 18.2 Å². The SMILES string of the molecule is CS(=O)(=O)N1CCN(C(=O)[C@@H]2CC(=O)Nc3ccccc32)CC1. The van der Waals surface area contributed by atoms with Crippen molar-refractivity contribution in [1.29, 1.82) is 0 Å². The van der Waals surface area contributed by atoms with Gasteiger partial charge in [0.25, 0.3) is 0 Å². The summed E-state index contributed by atoms with van der Waals surface area (Å²) in [6, 6.07) is 7.30. The maximum Gasteiger partial charge on any atom is 0.230 e. The summed E-state index contributed by atoms with van der Waals surface area (Å²) in [7, 11) is -3.23. The maximum absolute atomic E-state index is 12.8. The number of nitrogens with one attached hydrogen (secondary N) is 1. The van der Waals surface area contributed by atoms with Crippen LogP contribution >= 0.6 is 0 Å². The van der Waals surface area contributed by atoms with E-state index >= 15 is 0 Å². The minimum absolute atomic E-state index is 0.111. The number of para-hydroxylation sites is 1. The molecule has 3 rings (SSSR count). The van der Waals surface area contributed by atoms with E-state index in [4.69, 9.17) is 0 Å². The first-order valence-electron chi connectivity index (χ1n) is 7.49. The number of rotatable bonds is 2. The molecule has 0 aromatic heterocycles. The lowest BCUT2D eigenvalue weighted by atomic mass is 9.89. The van der Waals surface area contributed by atoms with E-state index in [9.17, 15) is 18.0 Å². The molecule has 0 bridgehead atoms. The van der Waals surface area contributed by atoms with E-state index in [2.05, 4.69) is 5.32 Å². The number of nitrogens with zero attached hydrogens (tertiary/aromatic N) is 2. The molecular formula is C15H19N3O4S. The number of carbonyl (C=O) groups is 2. The topological polar surface area (TPSA) is 86.8 Å². The molecule has 1 N–H and O–H groups in total. The lowest BCUT2D eigenvalue weighted by molar-refractivity contribution is -0.136. The quantitative estimate of drug-likeness (QED) is 0.836. The van der Waals surface area contributed by atoms with Crippen LogP contribution in [0.25, 0.3) is 0 Å². The average Bonchev–Trinajstić information content (AvgIpc) is 2.52. The highest BCUT2D eigenvalue weighted by molar-refractivity contribution is 7.88. The summed E-state index contributed by atoms with van der Waals surface area (Å²) < 4.78 is 24.5. The number of benzene rings is 1. The molecule has 1 saturated heterocycles. The van der Waals surface area contributed by atoms with Crippen LogP contribution in [-0.2, 0) is 19.6 Å². The predicted octanol–water partition coefficient (Wildman–Crippen LogP) is 0.216. The van der Waals surface area contributed by atoms with Crippen LogP contribution in [0.4, 0.5) is 5.69 Å². The molecular weight excluding hydrogens is 318 g/mol. The Morgan fingerprint density at radius 2 is 1.83 bits per heavy atom. The van der Waals surface area contributed by atoms with Crippen molar-refractivity contribution in [3.63, 3.8) is 0 Å². The van der Waals surface area contributed by atoms with Gasteiger partial charge < -0.3 is 10.2 Å². The average molecular weight is 337 g/mol. The molecule has 1 aromatic carbocycles. The molecule has 1 atom stereocenters. The van der Waals surface area contributed by atoms with Crippen LogP contribution in [0.2, 0.25) is 0 Å². The molecule has 0 saturated carbocycles. The summed E-state index contributed by atoms with van der Waals surface area (Å²) in [5.41, 5.74) is 1.50. The molecule has 1 aromatic rings. The zero-order chi connectivity index (χ0) is 16.6. The third-order valence-electron chi connectivity index (χ3n) is 4.32. The van der Waals surface area contributed by atoms with Crippen molar-refractivity contribution in [3.05, 3.63) is 29.8 Å². The lowest BCUT2D eigenvalue weighted by Crippen LogP contribution is -2.51. The first-order chi connectivity index (χ1) is 10.9. The van der Waals surface area contributed by atoms with Crippen LogP contribution in [0.5, 0.6) is 0 Å². The Morgan fingerprint density at radius 3 is 2.48 bits per heavy atom. The van der Waals surface area contributed by atoms with Crippen molar-refractivity contribution in [2.45, 2.75) is 12.3 Å². The van der Waals surface area contributed by atoms with Crippen LogP contribution in [0.15, 0.2) is 24.3 Å². The molecule has 7 nitrogen and oxygen atoms in total. The van der Waals surface area contributed by atoms with Gasteiger partial charge in [-0.2, -0.15) is 4.31 Å². The number of sulfonamides is 1. The van der Waals surface area contributed by atoms with Gasteiger partial charge in [-0.15, -0.1) is 0 Å². The summed E-state index contributed by atoms with van der Waals surface area (Å²) in [5, 5.41) is 2.78. The van der Waals surface area contributed by atoms with Gasteiger partial charge in [0, 0.05) is 38.3 Å². The van der Waals surface area contributed by atoms with Gasteiger partial charge >= 0.3 is 0 Å². The largest absolute Gasteiger partial charge is 0.340 e. The Labute approximate surface area is 135 Å². The van der Waals surface area contributed by atoms with E-state index in [0.29, 0.717) is 31.9 Å². The minimum Gasteiger partial charge on any atom is -0.340 e. The number of amides is 2. The van der Waals surface area contributed by atoms with Crippen LogP contribution in [0.1, 0.15) is 17.9 Å². The van der Waals surface area contributed by atoms with Crippen molar-refractivity contribution < 1.29 is 18.0 Å². The normalized spacial score (nSPS) is 22.4. The molecule has 2 heterocycles. The Kier molecular flexibility index (Phi) is 4.11. The van der Waals surface area contributed by atoms with Gasteiger partial charge in [0.05, 0.1) is 12.2 Å². The molecule has 2 amide bonds. The number of carbonyl (C=O) groups excluding carboxylic acids is 2. The van der Waals surface area contributed by atoms with Crippen molar-refractivity contribution in [3.8, 4) is 0 Å². The van der Waals surface area contributed by atoms with Crippen molar-refractivity contribution in [1.82, 2.24) is 9.21 Å². The Bertz CT molecular complexity index is 739. The molecule has 8 heteroatoms. The highest BCUT2D eigenvalue weighted by atomic mass is 32.2. The number of piperazine rings is 1. The van der Waals surface area contributed by atoms with E-state index in [1.165, 1.54) is 10.6 Å². The molecule has 2 aliphatic rings. The number of hydrogen-bond donors (Lipinski definition) is 1.